The zero-order valence-electron chi connectivity index (χ0n) is 10.6. The number of amides is 1. The summed E-state index contributed by atoms with van der Waals surface area (Å²) in [5.41, 5.74) is 1.11. The Kier molecular flexibility index (Phi) is 4.00. The number of hydrogen-bond donors (Lipinski definition) is 1. The summed E-state index contributed by atoms with van der Waals surface area (Å²) < 4.78 is 0. The van der Waals surface area contributed by atoms with Crippen molar-refractivity contribution in [2.45, 2.75) is 6.92 Å². The summed E-state index contributed by atoms with van der Waals surface area (Å²) in [5, 5.41) is 13.9. The summed E-state index contributed by atoms with van der Waals surface area (Å²) >= 11 is 5.81. The van der Waals surface area contributed by atoms with Crippen LogP contribution in [-0.2, 0) is 0 Å². The number of nitro groups is 1. The van der Waals surface area contributed by atoms with Gasteiger partial charge >= 0.3 is 0 Å². The molecular formula is C14H11ClN2O3. The highest BCUT2D eigenvalue weighted by Gasteiger charge is 2.16. The lowest BCUT2D eigenvalue weighted by Crippen LogP contribution is -2.13. The second-order valence-electron chi connectivity index (χ2n) is 4.24. The molecule has 0 saturated heterocycles. The van der Waals surface area contributed by atoms with Crippen molar-refractivity contribution in [2.75, 3.05) is 5.32 Å². The molecule has 0 aliphatic heterocycles. The maximum Gasteiger partial charge on any atom is 0.293 e. The van der Waals surface area contributed by atoms with Gasteiger partial charge in [0.15, 0.2) is 0 Å². The van der Waals surface area contributed by atoms with E-state index in [1.807, 2.05) is 0 Å². The Hall–Kier alpha value is -2.40. The smallest absolute Gasteiger partial charge is 0.293 e. The van der Waals surface area contributed by atoms with Gasteiger partial charge in [-0.3, -0.25) is 14.9 Å². The van der Waals surface area contributed by atoms with Gasteiger partial charge in [0.05, 0.1) is 4.92 Å². The summed E-state index contributed by atoms with van der Waals surface area (Å²) in [5.74, 6) is -0.445. The average Bonchev–Trinajstić information content (AvgIpc) is 2.40. The van der Waals surface area contributed by atoms with Gasteiger partial charge in [0.2, 0.25) is 0 Å². The average molecular weight is 291 g/mol. The summed E-state index contributed by atoms with van der Waals surface area (Å²) in [6.45, 7) is 1.75. The monoisotopic (exact) mass is 290 g/mol. The molecule has 6 heteroatoms. The van der Waals surface area contributed by atoms with Crippen molar-refractivity contribution in [2.24, 2.45) is 0 Å². The second kappa shape index (κ2) is 5.71. The number of aryl methyl sites for hydroxylation is 1. The first-order valence-electron chi connectivity index (χ1n) is 5.79. The maximum absolute atomic E-state index is 12.0. The van der Waals surface area contributed by atoms with Gasteiger partial charge in [-0.2, -0.15) is 0 Å². The van der Waals surface area contributed by atoms with Crippen LogP contribution in [0.25, 0.3) is 0 Å². The van der Waals surface area contributed by atoms with E-state index in [0.29, 0.717) is 10.6 Å². The van der Waals surface area contributed by atoms with Crippen molar-refractivity contribution in [3.05, 3.63) is 68.7 Å². The topological polar surface area (TPSA) is 72.2 Å². The number of anilines is 1. The van der Waals surface area contributed by atoms with E-state index in [4.69, 9.17) is 11.6 Å². The Morgan fingerprint density at radius 3 is 2.65 bits per heavy atom. The molecule has 0 aromatic heterocycles. The number of nitrogens with zero attached hydrogens (tertiary/aromatic N) is 1. The molecule has 0 unspecified atom stereocenters. The molecule has 2 aromatic rings. The van der Waals surface area contributed by atoms with E-state index in [9.17, 15) is 14.9 Å². The van der Waals surface area contributed by atoms with E-state index >= 15 is 0 Å². The third-order valence-corrected chi connectivity index (χ3v) is 2.92. The number of halogens is 1. The Labute approximate surface area is 120 Å². The largest absolute Gasteiger partial charge is 0.316 e. The van der Waals surface area contributed by atoms with Crippen LogP contribution < -0.4 is 5.32 Å². The fourth-order valence-electron chi connectivity index (χ4n) is 1.72. The third kappa shape index (κ3) is 3.13. The third-order valence-electron chi connectivity index (χ3n) is 2.68. The fourth-order valence-corrected chi connectivity index (χ4v) is 1.91. The van der Waals surface area contributed by atoms with E-state index in [0.717, 1.165) is 5.56 Å². The standard InChI is InChI=1S/C14H11ClN2O3/c1-9-5-6-12(13(7-9)17(19)20)16-14(18)10-3-2-4-11(15)8-10/h2-8H,1H3,(H,16,18). The minimum atomic E-state index is -0.527. The van der Waals surface area contributed by atoms with Gasteiger partial charge in [-0.15, -0.1) is 0 Å². The van der Waals surface area contributed by atoms with Gasteiger partial charge in [-0.1, -0.05) is 23.7 Å². The van der Waals surface area contributed by atoms with E-state index in [1.165, 1.54) is 18.2 Å². The fraction of sp³-hybridized carbons (Fsp3) is 0.0714. The molecule has 102 valence electrons. The molecule has 0 atom stereocenters. The summed E-state index contributed by atoms with van der Waals surface area (Å²) in [6.07, 6.45) is 0. The lowest BCUT2D eigenvalue weighted by Gasteiger charge is -2.07. The minimum Gasteiger partial charge on any atom is -0.316 e. The molecule has 0 saturated carbocycles. The van der Waals surface area contributed by atoms with Crippen LogP contribution in [0.3, 0.4) is 0 Å². The number of hydrogen-bond acceptors (Lipinski definition) is 3. The van der Waals surface area contributed by atoms with Crippen LogP contribution in [-0.4, -0.2) is 10.8 Å². The van der Waals surface area contributed by atoms with Gasteiger partial charge in [0.1, 0.15) is 5.69 Å². The van der Waals surface area contributed by atoms with Crippen LogP contribution in [0.15, 0.2) is 42.5 Å². The molecule has 1 amide bonds. The first kappa shape index (κ1) is 14.0. The van der Waals surface area contributed by atoms with E-state index in [-0.39, 0.29) is 11.4 Å². The highest BCUT2D eigenvalue weighted by Crippen LogP contribution is 2.26. The first-order valence-corrected chi connectivity index (χ1v) is 6.17. The predicted octanol–water partition coefficient (Wildman–Crippen LogP) is 3.81. The van der Waals surface area contributed by atoms with E-state index < -0.39 is 10.8 Å². The van der Waals surface area contributed by atoms with Gasteiger partial charge in [0.25, 0.3) is 11.6 Å². The van der Waals surface area contributed by atoms with Crippen LogP contribution in [0.2, 0.25) is 5.02 Å². The summed E-state index contributed by atoms with van der Waals surface area (Å²) in [7, 11) is 0. The van der Waals surface area contributed by atoms with E-state index in [2.05, 4.69) is 5.32 Å². The number of rotatable bonds is 3. The molecule has 0 spiro atoms. The van der Waals surface area contributed by atoms with Crippen molar-refractivity contribution in [3.8, 4) is 0 Å². The van der Waals surface area contributed by atoms with Gasteiger partial charge in [-0.25, -0.2) is 0 Å². The molecule has 0 radical (unpaired) electrons. The minimum absolute atomic E-state index is 0.139. The lowest BCUT2D eigenvalue weighted by atomic mass is 10.1. The van der Waals surface area contributed by atoms with Gasteiger partial charge in [0, 0.05) is 16.7 Å². The molecule has 2 aromatic carbocycles. The Bertz CT molecular complexity index is 686. The molecule has 1 N–H and O–H groups in total. The second-order valence-corrected chi connectivity index (χ2v) is 4.68. The molecule has 0 heterocycles. The SMILES string of the molecule is Cc1ccc(NC(=O)c2cccc(Cl)c2)c([N+](=O)[O-])c1. The van der Waals surface area contributed by atoms with Crippen LogP contribution in [0, 0.1) is 17.0 Å². The highest BCUT2D eigenvalue weighted by atomic mass is 35.5. The number of benzene rings is 2. The molecule has 0 bridgehead atoms. The Balaban J connectivity index is 2.30. The Morgan fingerprint density at radius 2 is 2.00 bits per heavy atom. The Morgan fingerprint density at radius 1 is 1.25 bits per heavy atom. The molecule has 0 aliphatic carbocycles. The number of carbonyl (C=O) groups excluding carboxylic acids is 1. The number of nitrogens with one attached hydrogen (secondary N) is 1. The first-order chi connectivity index (χ1) is 9.47. The van der Waals surface area contributed by atoms with Crippen molar-refractivity contribution in [3.63, 3.8) is 0 Å². The van der Waals surface area contributed by atoms with E-state index in [1.54, 1.807) is 31.2 Å². The van der Waals surface area contributed by atoms with Crippen molar-refractivity contribution in [1.29, 1.82) is 0 Å². The zero-order valence-corrected chi connectivity index (χ0v) is 11.3. The van der Waals surface area contributed by atoms with Crippen LogP contribution in [0.5, 0.6) is 0 Å². The molecule has 2 rings (SSSR count). The van der Waals surface area contributed by atoms with Crippen LogP contribution in [0.4, 0.5) is 11.4 Å². The van der Waals surface area contributed by atoms with Crippen molar-refractivity contribution >= 4 is 28.9 Å². The maximum atomic E-state index is 12.0. The lowest BCUT2D eigenvalue weighted by molar-refractivity contribution is -0.384. The molecular weight excluding hydrogens is 280 g/mol. The normalized spacial score (nSPS) is 10.1. The van der Waals surface area contributed by atoms with Crippen LogP contribution >= 0.6 is 11.6 Å². The van der Waals surface area contributed by atoms with Crippen LogP contribution in [0.1, 0.15) is 15.9 Å². The molecule has 20 heavy (non-hydrogen) atoms. The molecule has 0 aliphatic rings. The summed E-state index contributed by atoms with van der Waals surface area (Å²) in [4.78, 5) is 22.5. The number of carbonyl (C=O) groups is 1. The summed E-state index contributed by atoms with van der Waals surface area (Å²) in [6, 6.07) is 11.0. The van der Waals surface area contributed by atoms with Gasteiger partial charge < -0.3 is 5.32 Å². The number of nitro benzene ring substituents is 1. The highest BCUT2D eigenvalue weighted by molar-refractivity contribution is 6.31. The molecule has 0 fully saturated rings. The van der Waals surface area contributed by atoms with Crippen molar-refractivity contribution in [1.82, 2.24) is 0 Å². The van der Waals surface area contributed by atoms with Gasteiger partial charge in [-0.05, 0) is 36.8 Å². The predicted molar refractivity (Wildman–Crippen MR) is 77.2 cm³/mol. The zero-order chi connectivity index (χ0) is 14.7. The van der Waals surface area contributed by atoms with Crippen molar-refractivity contribution < 1.29 is 9.72 Å². The molecule has 5 nitrogen and oxygen atoms in total. The quantitative estimate of drug-likeness (QED) is 0.690.